The lowest BCUT2D eigenvalue weighted by Crippen LogP contribution is -2.54. The van der Waals surface area contributed by atoms with Gasteiger partial charge in [0.05, 0.1) is 20.4 Å². The highest BCUT2D eigenvalue weighted by atomic mass is 28.3. The molecule has 2 aliphatic carbocycles. The van der Waals surface area contributed by atoms with Gasteiger partial charge in [0.25, 0.3) is 0 Å². The molecular formula is C40H40N3O6Si. The van der Waals surface area contributed by atoms with E-state index in [1.807, 2.05) is 48.5 Å². The van der Waals surface area contributed by atoms with Gasteiger partial charge in [-0.05, 0) is 76.4 Å². The van der Waals surface area contributed by atoms with Gasteiger partial charge in [-0.2, -0.15) is 0 Å². The van der Waals surface area contributed by atoms with E-state index in [1.54, 1.807) is 17.0 Å². The first-order valence-corrected chi connectivity index (χ1v) is 19.6. The van der Waals surface area contributed by atoms with E-state index in [0.717, 1.165) is 47.1 Å². The molecule has 1 saturated heterocycles. The molecule has 50 heavy (non-hydrogen) atoms. The molecule has 3 amide bonds. The van der Waals surface area contributed by atoms with Crippen molar-refractivity contribution in [3.05, 3.63) is 130 Å². The fourth-order valence-corrected chi connectivity index (χ4v) is 9.90. The van der Waals surface area contributed by atoms with Crippen molar-refractivity contribution >= 4 is 32.7 Å². The highest BCUT2D eigenvalue weighted by molar-refractivity contribution is 6.59. The number of aromatic carboxylic acids is 1. The van der Waals surface area contributed by atoms with Gasteiger partial charge < -0.3 is 25.4 Å². The summed E-state index contributed by atoms with van der Waals surface area (Å²) in [5, 5.41) is 15.5. The second kappa shape index (κ2) is 14.3. The van der Waals surface area contributed by atoms with Crippen LogP contribution in [-0.2, 0) is 27.2 Å². The van der Waals surface area contributed by atoms with Gasteiger partial charge >= 0.3 is 12.1 Å². The molecule has 10 heteroatoms. The van der Waals surface area contributed by atoms with E-state index in [2.05, 4.69) is 41.4 Å². The Labute approximate surface area is 293 Å². The highest BCUT2D eigenvalue weighted by Gasteiger charge is 2.42. The van der Waals surface area contributed by atoms with Crippen LogP contribution in [0.4, 0.5) is 4.79 Å². The zero-order valence-electron chi connectivity index (χ0n) is 27.9. The Morgan fingerprint density at radius 2 is 1.52 bits per heavy atom. The minimum Gasteiger partial charge on any atom is -0.478 e. The van der Waals surface area contributed by atoms with Crippen LogP contribution >= 0.6 is 0 Å². The van der Waals surface area contributed by atoms with E-state index in [9.17, 15) is 24.3 Å². The number of benzene rings is 4. The maximum atomic E-state index is 14.4. The van der Waals surface area contributed by atoms with Crippen molar-refractivity contribution in [2.45, 2.75) is 62.3 Å². The average molecular weight is 687 g/mol. The fourth-order valence-electron chi connectivity index (χ4n) is 7.75. The number of nitrogens with one attached hydrogen (secondary N) is 2. The van der Waals surface area contributed by atoms with Crippen molar-refractivity contribution in [2.24, 2.45) is 0 Å². The lowest BCUT2D eigenvalue weighted by atomic mass is 9.87. The predicted molar refractivity (Wildman–Crippen MR) is 191 cm³/mol. The largest absolute Gasteiger partial charge is 0.478 e. The Morgan fingerprint density at radius 3 is 2.20 bits per heavy atom. The lowest BCUT2D eigenvalue weighted by Gasteiger charge is -2.32. The van der Waals surface area contributed by atoms with Gasteiger partial charge in [0.1, 0.15) is 18.7 Å². The van der Waals surface area contributed by atoms with Gasteiger partial charge in [-0.25, -0.2) is 9.59 Å². The van der Waals surface area contributed by atoms with E-state index in [0.29, 0.717) is 17.8 Å². The number of rotatable bonds is 9. The first kappa shape index (κ1) is 33.3. The molecule has 3 atom stereocenters. The van der Waals surface area contributed by atoms with Crippen LogP contribution in [0.15, 0.2) is 97.1 Å². The van der Waals surface area contributed by atoms with Gasteiger partial charge in [0.15, 0.2) is 0 Å². The van der Waals surface area contributed by atoms with Crippen molar-refractivity contribution in [1.29, 1.82) is 0 Å². The standard InChI is InChI=1S/C40H40N3O6Si/c1-50-23-36(37(44)41-34-16-8-10-26-9-2-3-11-28(26)34)43(24-50)38(45)35(21-25-17-19-27(20-18-25)39(46)47)42-40(48)49-22-33-31-14-6-4-12-29(31)30-13-5-7-15-32(30)33/h2-7,9,11-15,17-20,33-36H,8,10,16,21-24H2,1H3,(H,41,44)(H,42,48)(H,46,47)/t34-,35+,36+/m1/s1. The zero-order valence-corrected chi connectivity index (χ0v) is 28.9. The topological polar surface area (TPSA) is 125 Å². The predicted octanol–water partition coefficient (Wildman–Crippen LogP) is 5.90. The summed E-state index contributed by atoms with van der Waals surface area (Å²) in [6.07, 6.45) is 2.65. The van der Waals surface area contributed by atoms with Crippen molar-refractivity contribution in [1.82, 2.24) is 15.5 Å². The Morgan fingerprint density at radius 1 is 0.880 bits per heavy atom. The third-order valence-electron chi connectivity index (χ3n) is 10.2. The minimum absolute atomic E-state index is 0.0911. The normalized spacial score (nSPS) is 18.8. The molecule has 1 aliphatic heterocycles. The maximum Gasteiger partial charge on any atom is 0.407 e. The SMILES string of the molecule is C[Si]1C[C@@H](C(=O)N[C@@H]2CCCc3ccccc32)N(C(=O)[C@H](Cc2ccc(C(=O)O)cc2)NC(=O)OCC2c3ccccc3-c3ccccc32)C1. The molecule has 0 unspecified atom stereocenters. The van der Waals surface area contributed by atoms with E-state index >= 15 is 0 Å². The molecule has 7 rings (SSSR count). The number of ether oxygens (including phenoxy) is 1. The third kappa shape index (κ3) is 6.80. The summed E-state index contributed by atoms with van der Waals surface area (Å²) in [7, 11) is -1.03. The van der Waals surface area contributed by atoms with E-state index < -0.39 is 32.9 Å². The van der Waals surface area contributed by atoms with Gasteiger partial charge in [0.2, 0.25) is 11.8 Å². The second-order valence-electron chi connectivity index (χ2n) is 13.5. The van der Waals surface area contributed by atoms with E-state index in [1.165, 1.54) is 17.7 Å². The van der Waals surface area contributed by atoms with Gasteiger partial charge in [-0.1, -0.05) is 91.5 Å². The van der Waals surface area contributed by atoms with Crippen LogP contribution in [0, 0.1) is 0 Å². The molecule has 1 fully saturated rings. The van der Waals surface area contributed by atoms with Crippen LogP contribution in [0.2, 0.25) is 12.6 Å². The number of aryl methyl sites for hydroxylation is 1. The Balaban J connectivity index is 1.09. The first-order chi connectivity index (χ1) is 24.3. The van der Waals surface area contributed by atoms with Crippen molar-refractivity contribution < 1.29 is 29.0 Å². The molecule has 0 aromatic heterocycles. The summed E-state index contributed by atoms with van der Waals surface area (Å²) < 4.78 is 5.83. The number of amides is 3. The van der Waals surface area contributed by atoms with Crippen LogP contribution < -0.4 is 10.6 Å². The third-order valence-corrected chi connectivity index (χ3v) is 12.2. The number of alkyl carbamates (subject to hydrolysis) is 1. The maximum absolute atomic E-state index is 14.4. The second-order valence-corrected chi connectivity index (χ2v) is 16.2. The molecule has 4 aromatic rings. The number of carboxylic acid groups (broad SMARTS) is 1. The Kier molecular flexibility index (Phi) is 9.54. The molecule has 3 aliphatic rings. The van der Waals surface area contributed by atoms with Crippen LogP contribution in [0.3, 0.4) is 0 Å². The minimum atomic E-state index is -1.05. The van der Waals surface area contributed by atoms with Crippen molar-refractivity contribution in [3.8, 4) is 11.1 Å². The summed E-state index contributed by atoms with van der Waals surface area (Å²) in [4.78, 5) is 54.9. The monoisotopic (exact) mass is 686 g/mol. The molecule has 0 saturated carbocycles. The molecule has 1 heterocycles. The first-order valence-electron chi connectivity index (χ1n) is 17.2. The summed E-state index contributed by atoms with van der Waals surface area (Å²) in [5.41, 5.74) is 7.56. The van der Waals surface area contributed by atoms with Crippen LogP contribution in [0.1, 0.15) is 63.0 Å². The number of hydrogen-bond acceptors (Lipinski definition) is 5. The Bertz CT molecular complexity index is 1880. The lowest BCUT2D eigenvalue weighted by molar-refractivity contribution is -0.139. The molecule has 0 spiro atoms. The quantitative estimate of drug-likeness (QED) is 0.188. The summed E-state index contributed by atoms with van der Waals surface area (Å²) >= 11 is 0. The summed E-state index contributed by atoms with van der Waals surface area (Å²) in [6, 6.07) is 29.4. The number of fused-ring (bicyclic) bond motifs is 4. The molecule has 3 N–H and O–H groups in total. The number of carbonyl (C=O) groups is 4. The van der Waals surface area contributed by atoms with Gasteiger partial charge in [-0.3, -0.25) is 9.59 Å². The van der Waals surface area contributed by atoms with Gasteiger partial charge in [0, 0.05) is 18.5 Å². The smallest absolute Gasteiger partial charge is 0.407 e. The average Bonchev–Trinajstić information content (AvgIpc) is 3.68. The number of carboxylic acids is 1. The molecule has 4 aromatic carbocycles. The summed E-state index contributed by atoms with van der Waals surface area (Å²) in [5.74, 6) is -1.72. The van der Waals surface area contributed by atoms with Gasteiger partial charge in [-0.15, -0.1) is 0 Å². The molecular weight excluding hydrogens is 647 g/mol. The van der Waals surface area contributed by atoms with E-state index in [-0.39, 0.29) is 42.4 Å². The van der Waals surface area contributed by atoms with E-state index in [4.69, 9.17) is 4.74 Å². The zero-order chi connectivity index (χ0) is 34.8. The molecule has 0 bridgehead atoms. The van der Waals surface area contributed by atoms with Crippen molar-refractivity contribution in [2.75, 3.05) is 12.8 Å². The number of carbonyl (C=O) groups excluding carboxylic acids is 3. The fraction of sp³-hybridized carbons (Fsp3) is 0.300. The van der Waals surface area contributed by atoms with Crippen LogP contribution in [-0.4, -0.2) is 67.5 Å². The van der Waals surface area contributed by atoms with Crippen LogP contribution in [0.25, 0.3) is 11.1 Å². The number of nitrogens with zero attached hydrogens (tertiary/aromatic N) is 1. The summed E-state index contributed by atoms with van der Waals surface area (Å²) in [6.45, 7) is 2.21. The highest BCUT2D eigenvalue weighted by Crippen LogP contribution is 2.44. The molecule has 1 radical (unpaired) electrons. The Hall–Kier alpha value is -5.22. The number of hydrogen-bond donors (Lipinski definition) is 3. The van der Waals surface area contributed by atoms with Crippen molar-refractivity contribution in [3.63, 3.8) is 0 Å². The van der Waals surface area contributed by atoms with Crippen LogP contribution in [0.5, 0.6) is 0 Å². The molecule has 9 nitrogen and oxygen atoms in total. The molecule has 255 valence electrons.